The van der Waals surface area contributed by atoms with Gasteiger partial charge < -0.3 is 4.74 Å². The molecule has 0 aliphatic carbocycles. The zero-order valence-corrected chi connectivity index (χ0v) is 8.76. The van der Waals surface area contributed by atoms with Crippen LogP contribution in [0.25, 0.3) is 0 Å². The first-order valence-electron chi connectivity index (χ1n) is 3.91. The third-order valence-electron chi connectivity index (χ3n) is 1.44. The number of aliphatic imine (C=N–C) groups is 2. The first-order chi connectivity index (χ1) is 6.22. The van der Waals surface area contributed by atoms with Crippen LogP contribution in [0.1, 0.15) is 11.8 Å². The first-order valence-corrected chi connectivity index (χ1v) is 4.73. The van der Waals surface area contributed by atoms with Gasteiger partial charge in [0.25, 0.3) is 0 Å². The molecule has 1 rings (SSSR count). The summed E-state index contributed by atoms with van der Waals surface area (Å²) in [5.74, 6) is 0.608. The quantitative estimate of drug-likeness (QED) is 0.529. The Hall–Kier alpha value is -1.16. The van der Waals surface area contributed by atoms with Gasteiger partial charge in [-0.15, -0.1) is 11.3 Å². The van der Waals surface area contributed by atoms with Crippen LogP contribution in [0.5, 0.6) is 0 Å². The Labute approximate surface area is 81.8 Å². The van der Waals surface area contributed by atoms with Gasteiger partial charge in [-0.25, -0.2) is 4.99 Å². The number of thiophene rings is 1. The minimum absolute atomic E-state index is 0.608. The summed E-state index contributed by atoms with van der Waals surface area (Å²) in [6.07, 6.45) is 1.41. The lowest BCUT2D eigenvalue weighted by atomic mass is 10.5. The fraction of sp³-hybridized carbons (Fsp3) is 0.333. The van der Waals surface area contributed by atoms with E-state index in [0.717, 1.165) is 5.00 Å². The molecule has 0 fully saturated rings. The van der Waals surface area contributed by atoms with Crippen molar-refractivity contribution in [1.29, 1.82) is 0 Å². The second-order valence-corrected chi connectivity index (χ2v) is 3.75. The zero-order valence-electron chi connectivity index (χ0n) is 7.94. The van der Waals surface area contributed by atoms with Gasteiger partial charge >= 0.3 is 0 Å². The highest BCUT2D eigenvalue weighted by molar-refractivity contribution is 7.15. The Morgan fingerprint density at radius 3 is 2.85 bits per heavy atom. The average molecular weight is 196 g/mol. The van der Waals surface area contributed by atoms with Gasteiger partial charge in [0.1, 0.15) is 5.00 Å². The highest BCUT2D eigenvalue weighted by Crippen LogP contribution is 2.23. The van der Waals surface area contributed by atoms with Gasteiger partial charge in [-0.1, -0.05) is 0 Å². The van der Waals surface area contributed by atoms with Gasteiger partial charge in [0.15, 0.2) is 12.3 Å². The Balaban J connectivity index is 2.50. The number of ether oxygens (including phenoxy) is 1. The summed E-state index contributed by atoms with van der Waals surface area (Å²) in [6.45, 7) is 3.83. The molecular formula is C9H12N2OS. The monoisotopic (exact) mass is 196 g/mol. The number of aryl methyl sites for hydroxylation is 1. The summed E-state index contributed by atoms with van der Waals surface area (Å²) < 4.78 is 5.07. The molecule has 0 bridgehead atoms. The summed E-state index contributed by atoms with van der Waals surface area (Å²) in [5.41, 5.74) is 0. The predicted octanol–water partition coefficient (Wildman–Crippen LogP) is 2.78. The third kappa shape index (κ3) is 3.38. The van der Waals surface area contributed by atoms with Crippen molar-refractivity contribution in [2.24, 2.45) is 9.98 Å². The summed E-state index contributed by atoms with van der Waals surface area (Å²) >= 11 is 1.63. The van der Waals surface area contributed by atoms with Gasteiger partial charge in [-0.05, 0) is 19.1 Å². The molecule has 0 atom stereocenters. The van der Waals surface area contributed by atoms with E-state index in [1.165, 1.54) is 11.3 Å². The lowest BCUT2D eigenvalue weighted by molar-refractivity contribution is 0.563. The molecule has 4 heteroatoms. The molecule has 0 spiro atoms. The molecule has 0 aromatic carbocycles. The molecule has 13 heavy (non-hydrogen) atoms. The highest BCUT2D eigenvalue weighted by atomic mass is 32.1. The number of nitrogens with zero attached hydrogens (tertiary/aromatic N) is 2. The molecule has 3 nitrogen and oxygen atoms in total. The topological polar surface area (TPSA) is 34.0 Å². The van der Waals surface area contributed by atoms with E-state index in [2.05, 4.69) is 9.98 Å². The van der Waals surface area contributed by atoms with Crippen LogP contribution >= 0.6 is 11.3 Å². The predicted molar refractivity (Wildman–Crippen MR) is 57.3 cm³/mol. The molecular weight excluding hydrogens is 184 g/mol. The fourth-order valence-electron chi connectivity index (χ4n) is 0.698. The van der Waals surface area contributed by atoms with Crippen LogP contribution in [0.2, 0.25) is 0 Å². The van der Waals surface area contributed by atoms with E-state index in [4.69, 9.17) is 4.74 Å². The maximum Gasteiger partial charge on any atom is 0.188 e. The maximum atomic E-state index is 5.07. The summed E-state index contributed by atoms with van der Waals surface area (Å²) in [6, 6.07) is 3.98. The van der Waals surface area contributed by atoms with Gasteiger partial charge in [-0.2, -0.15) is 0 Å². The molecule has 0 saturated heterocycles. The van der Waals surface area contributed by atoms with Crippen molar-refractivity contribution in [2.75, 3.05) is 7.05 Å². The standard InChI is InChI=1S/C9H12N2OS/c1-7-4-5-9(13-7)11-6-12-8(2)10-3/h4-6H,1-3H3/b10-8-,11-6+. The Morgan fingerprint density at radius 2 is 2.31 bits per heavy atom. The second kappa shape index (κ2) is 4.77. The minimum Gasteiger partial charge on any atom is -0.432 e. The van der Waals surface area contributed by atoms with Gasteiger partial charge in [-0.3, -0.25) is 4.99 Å². The summed E-state index contributed by atoms with van der Waals surface area (Å²) in [4.78, 5) is 9.18. The SMILES string of the molecule is C/N=C(/C)O/C=N/c1ccc(C)s1. The van der Waals surface area contributed by atoms with Crippen molar-refractivity contribution >= 4 is 28.6 Å². The second-order valence-electron chi connectivity index (χ2n) is 2.48. The fourth-order valence-corrected chi connectivity index (χ4v) is 1.40. The van der Waals surface area contributed by atoms with Crippen molar-refractivity contribution in [1.82, 2.24) is 0 Å². The Bertz CT molecular complexity index is 328. The molecule has 0 aliphatic rings. The average Bonchev–Trinajstić information content (AvgIpc) is 2.51. The number of hydrogen-bond acceptors (Lipinski definition) is 4. The first kappa shape index (κ1) is 9.92. The summed E-state index contributed by atoms with van der Waals surface area (Å²) in [7, 11) is 1.68. The van der Waals surface area contributed by atoms with Gasteiger partial charge in [0.05, 0.1) is 0 Å². The van der Waals surface area contributed by atoms with E-state index < -0.39 is 0 Å². The molecule has 0 aliphatic heterocycles. The van der Waals surface area contributed by atoms with Gasteiger partial charge in [0, 0.05) is 18.8 Å². The largest absolute Gasteiger partial charge is 0.432 e. The van der Waals surface area contributed by atoms with Crippen molar-refractivity contribution in [3.8, 4) is 0 Å². The molecule has 70 valence electrons. The maximum absolute atomic E-state index is 5.07. The van der Waals surface area contributed by atoms with Gasteiger partial charge in [0.2, 0.25) is 0 Å². The minimum atomic E-state index is 0.608. The van der Waals surface area contributed by atoms with E-state index in [-0.39, 0.29) is 0 Å². The third-order valence-corrected chi connectivity index (χ3v) is 2.35. The highest BCUT2D eigenvalue weighted by Gasteiger charge is 1.91. The van der Waals surface area contributed by atoms with Crippen LogP contribution in [-0.2, 0) is 4.74 Å². The van der Waals surface area contributed by atoms with Crippen LogP contribution in [0.4, 0.5) is 5.00 Å². The van der Waals surface area contributed by atoms with E-state index in [1.807, 2.05) is 19.1 Å². The van der Waals surface area contributed by atoms with Crippen LogP contribution in [0, 0.1) is 6.92 Å². The molecule has 1 heterocycles. The Morgan fingerprint density at radius 1 is 1.54 bits per heavy atom. The van der Waals surface area contributed by atoms with E-state index in [1.54, 1.807) is 25.3 Å². The van der Waals surface area contributed by atoms with Crippen molar-refractivity contribution < 1.29 is 4.74 Å². The molecule has 1 aromatic rings. The molecule has 0 unspecified atom stereocenters. The van der Waals surface area contributed by atoms with Crippen molar-refractivity contribution in [3.63, 3.8) is 0 Å². The van der Waals surface area contributed by atoms with Crippen LogP contribution in [0.15, 0.2) is 22.1 Å². The molecule has 0 radical (unpaired) electrons. The lowest BCUT2D eigenvalue weighted by Crippen LogP contribution is -1.95. The molecule has 1 aromatic heterocycles. The van der Waals surface area contributed by atoms with E-state index >= 15 is 0 Å². The van der Waals surface area contributed by atoms with Crippen molar-refractivity contribution in [2.45, 2.75) is 13.8 Å². The smallest absolute Gasteiger partial charge is 0.188 e. The van der Waals surface area contributed by atoms with E-state index in [9.17, 15) is 0 Å². The summed E-state index contributed by atoms with van der Waals surface area (Å²) in [5, 5.41) is 0.946. The normalized spacial score (nSPS) is 12.4. The molecule has 0 saturated carbocycles. The lowest BCUT2D eigenvalue weighted by Gasteiger charge is -1.93. The molecule has 0 N–H and O–H groups in total. The Kier molecular flexibility index (Phi) is 3.64. The zero-order chi connectivity index (χ0) is 9.68. The molecule has 0 amide bonds. The van der Waals surface area contributed by atoms with E-state index in [0.29, 0.717) is 5.90 Å². The van der Waals surface area contributed by atoms with Crippen LogP contribution < -0.4 is 0 Å². The van der Waals surface area contributed by atoms with Crippen LogP contribution in [-0.4, -0.2) is 19.3 Å². The number of rotatable bonds is 2. The van der Waals surface area contributed by atoms with Crippen molar-refractivity contribution in [3.05, 3.63) is 17.0 Å². The number of hydrogen-bond donors (Lipinski definition) is 0. The van der Waals surface area contributed by atoms with Crippen LogP contribution in [0.3, 0.4) is 0 Å².